The average Bonchev–Trinajstić information content (AvgIpc) is 3.39. The summed E-state index contributed by atoms with van der Waals surface area (Å²) in [6.45, 7) is 2.38. The molecule has 5 aromatic rings. The fourth-order valence-corrected chi connectivity index (χ4v) is 4.38. The van der Waals surface area contributed by atoms with E-state index in [1.54, 1.807) is 12.1 Å². The zero-order chi connectivity index (χ0) is 24.9. The summed E-state index contributed by atoms with van der Waals surface area (Å²) in [5.41, 5.74) is 3.07. The van der Waals surface area contributed by atoms with E-state index in [1.807, 2.05) is 66.7 Å². The third kappa shape index (κ3) is 5.21. The molecule has 3 aromatic carbocycles. The minimum absolute atomic E-state index is 0.111. The molecule has 0 radical (unpaired) electrons. The van der Waals surface area contributed by atoms with Crippen LogP contribution in [0.2, 0.25) is 0 Å². The van der Waals surface area contributed by atoms with Gasteiger partial charge in [0.25, 0.3) is 16.7 Å². The number of thioether (sulfide) groups is 1. The third-order valence-electron chi connectivity index (χ3n) is 5.60. The van der Waals surface area contributed by atoms with Crippen LogP contribution in [0.4, 0.5) is 5.69 Å². The molecule has 0 unspecified atom stereocenters. The van der Waals surface area contributed by atoms with Crippen molar-refractivity contribution in [2.75, 3.05) is 11.1 Å². The molecule has 0 aliphatic carbocycles. The van der Waals surface area contributed by atoms with Gasteiger partial charge in [-0.25, -0.2) is 4.68 Å². The van der Waals surface area contributed by atoms with Crippen molar-refractivity contribution in [2.24, 2.45) is 0 Å². The molecule has 9 heteroatoms. The molecule has 0 saturated carbocycles. The Kier molecular flexibility index (Phi) is 6.90. The largest absolute Gasteiger partial charge is 0.409 e. The lowest BCUT2D eigenvalue weighted by Crippen LogP contribution is -2.24. The third-order valence-corrected chi connectivity index (χ3v) is 6.42. The number of rotatable bonds is 8. The molecule has 0 spiro atoms. The molecule has 8 nitrogen and oxygen atoms in total. The fraction of sp³-hybridized carbons (Fsp3) is 0.148. The standard InChI is InChI=1S/C27H23N5O3S/c1-2-18-11-8-12-20(15-18)28-23(33)17-36-27-30-29-25(35-27)24-21-13-6-7-14-22(21)26(34)32(31-24)16-19-9-4-3-5-10-19/h3-15H,2,16-17H2,1H3,(H,28,33). The Hall–Kier alpha value is -4.24. The molecular formula is C27H23N5O3S. The van der Waals surface area contributed by atoms with Gasteiger partial charge in [-0.15, -0.1) is 10.2 Å². The Morgan fingerprint density at radius 1 is 0.944 bits per heavy atom. The maximum absolute atomic E-state index is 13.1. The van der Waals surface area contributed by atoms with Crippen molar-refractivity contribution in [3.63, 3.8) is 0 Å². The Labute approximate surface area is 211 Å². The second-order valence-corrected chi connectivity index (χ2v) is 9.03. The van der Waals surface area contributed by atoms with Crippen LogP contribution in [0.1, 0.15) is 18.1 Å². The molecule has 36 heavy (non-hydrogen) atoms. The number of amides is 1. The lowest BCUT2D eigenvalue weighted by molar-refractivity contribution is -0.113. The van der Waals surface area contributed by atoms with Crippen LogP contribution in [0.15, 0.2) is 93.3 Å². The van der Waals surface area contributed by atoms with E-state index in [4.69, 9.17) is 4.42 Å². The van der Waals surface area contributed by atoms with Gasteiger partial charge in [-0.3, -0.25) is 9.59 Å². The van der Waals surface area contributed by atoms with Crippen LogP contribution in [0, 0.1) is 0 Å². The highest BCUT2D eigenvalue weighted by molar-refractivity contribution is 7.99. The molecule has 0 aliphatic heterocycles. The van der Waals surface area contributed by atoms with E-state index in [0.717, 1.165) is 35.0 Å². The van der Waals surface area contributed by atoms with E-state index in [2.05, 4.69) is 27.5 Å². The Bertz CT molecular complexity index is 1580. The first-order valence-electron chi connectivity index (χ1n) is 11.5. The number of carbonyl (C=O) groups excluding carboxylic acids is 1. The topological polar surface area (TPSA) is 103 Å². The smallest absolute Gasteiger partial charge is 0.277 e. The SMILES string of the molecule is CCc1cccc(NC(=O)CSc2nnc(-c3nn(Cc4ccccc4)c(=O)c4ccccc34)o2)c1. The van der Waals surface area contributed by atoms with Gasteiger partial charge in [-0.1, -0.05) is 79.3 Å². The molecule has 0 fully saturated rings. The normalized spacial score (nSPS) is 11.0. The van der Waals surface area contributed by atoms with Crippen molar-refractivity contribution in [3.8, 4) is 11.6 Å². The van der Waals surface area contributed by atoms with Crippen molar-refractivity contribution in [3.05, 3.63) is 100 Å². The van der Waals surface area contributed by atoms with Crippen molar-refractivity contribution < 1.29 is 9.21 Å². The molecule has 2 heterocycles. The van der Waals surface area contributed by atoms with E-state index >= 15 is 0 Å². The Morgan fingerprint density at radius 2 is 1.69 bits per heavy atom. The minimum atomic E-state index is -0.198. The highest BCUT2D eigenvalue weighted by Gasteiger charge is 2.18. The second kappa shape index (κ2) is 10.6. The molecule has 5 rings (SSSR count). The van der Waals surface area contributed by atoms with Crippen molar-refractivity contribution in [1.29, 1.82) is 0 Å². The zero-order valence-electron chi connectivity index (χ0n) is 19.5. The predicted octanol–water partition coefficient (Wildman–Crippen LogP) is 4.79. The van der Waals surface area contributed by atoms with Crippen LogP contribution in [0.3, 0.4) is 0 Å². The second-order valence-electron chi connectivity index (χ2n) is 8.11. The van der Waals surface area contributed by atoms with E-state index in [1.165, 1.54) is 4.68 Å². The van der Waals surface area contributed by atoms with Gasteiger partial charge in [0, 0.05) is 11.1 Å². The van der Waals surface area contributed by atoms with Crippen molar-refractivity contribution in [2.45, 2.75) is 25.1 Å². The number of nitrogens with one attached hydrogen (secondary N) is 1. The number of aromatic nitrogens is 4. The number of fused-ring (bicyclic) bond motifs is 1. The number of hydrogen-bond acceptors (Lipinski definition) is 7. The lowest BCUT2D eigenvalue weighted by atomic mass is 10.1. The molecule has 2 aromatic heterocycles. The molecule has 0 atom stereocenters. The van der Waals surface area contributed by atoms with Gasteiger partial charge in [-0.05, 0) is 35.7 Å². The predicted molar refractivity (Wildman–Crippen MR) is 140 cm³/mol. The maximum atomic E-state index is 13.1. The quantitative estimate of drug-likeness (QED) is 0.308. The molecule has 1 N–H and O–H groups in total. The van der Waals surface area contributed by atoms with Crippen molar-refractivity contribution >= 4 is 34.1 Å². The summed E-state index contributed by atoms with van der Waals surface area (Å²) in [7, 11) is 0. The first-order chi connectivity index (χ1) is 17.6. The maximum Gasteiger partial charge on any atom is 0.277 e. The van der Waals surface area contributed by atoms with Crippen LogP contribution in [0.25, 0.3) is 22.4 Å². The molecule has 0 saturated heterocycles. The van der Waals surface area contributed by atoms with E-state index < -0.39 is 0 Å². The van der Waals surface area contributed by atoms with Gasteiger partial charge in [0.05, 0.1) is 17.7 Å². The monoisotopic (exact) mass is 497 g/mol. The van der Waals surface area contributed by atoms with Crippen LogP contribution >= 0.6 is 11.8 Å². The molecule has 0 aliphatic rings. The van der Waals surface area contributed by atoms with E-state index in [-0.39, 0.29) is 28.3 Å². The lowest BCUT2D eigenvalue weighted by Gasteiger charge is -2.09. The summed E-state index contributed by atoms with van der Waals surface area (Å²) in [5, 5.41) is 17.1. The van der Waals surface area contributed by atoms with Gasteiger partial charge >= 0.3 is 0 Å². The summed E-state index contributed by atoms with van der Waals surface area (Å²) < 4.78 is 7.25. The number of carbonyl (C=O) groups is 1. The van der Waals surface area contributed by atoms with Gasteiger partial charge in [0.1, 0.15) is 0 Å². The van der Waals surface area contributed by atoms with Crippen LogP contribution in [-0.2, 0) is 17.8 Å². The average molecular weight is 498 g/mol. The van der Waals surface area contributed by atoms with Gasteiger partial charge < -0.3 is 9.73 Å². The van der Waals surface area contributed by atoms with Crippen LogP contribution < -0.4 is 10.9 Å². The number of aryl methyl sites for hydroxylation is 1. The Morgan fingerprint density at radius 3 is 2.50 bits per heavy atom. The number of anilines is 1. The summed E-state index contributed by atoms with van der Waals surface area (Å²) in [5.74, 6) is 0.124. The van der Waals surface area contributed by atoms with Gasteiger partial charge in [0.15, 0.2) is 5.69 Å². The fourth-order valence-electron chi connectivity index (χ4n) is 3.81. The highest BCUT2D eigenvalue weighted by Crippen LogP contribution is 2.27. The van der Waals surface area contributed by atoms with Crippen LogP contribution in [0.5, 0.6) is 0 Å². The summed E-state index contributed by atoms with van der Waals surface area (Å²) in [6, 6.07) is 24.6. The molecule has 1 amide bonds. The first kappa shape index (κ1) is 23.5. The highest BCUT2D eigenvalue weighted by atomic mass is 32.2. The van der Waals surface area contributed by atoms with Crippen LogP contribution in [-0.4, -0.2) is 31.6 Å². The molecule has 180 valence electrons. The Balaban J connectivity index is 1.37. The van der Waals surface area contributed by atoms with Gasteiger partial charge in [0.2, 0.25) is 5.91 Å². The molecule has 0 bridgehead atoms. The summed E-state index contributed by atoms with van der Waals surface area (Å²) in [4.78, 5) is 25.5. The summed E-state index contributed by atoms with van der Waals surface area (Å²) >= 11 is 1.14. The zero-order valence-corrected chi connectivity index (χ0v) is 20.4. The van der Waals surface area contributed by atoms with E-state index in [0.29, 0.717) is 23.0 Å². The summed E-state index contributed by atoms with van der Waals surface area (Å²) in [6.07, 6.45) is 0.893. The van der Waals surface area contributed by atoms with Gasteiger partial charge in [-0.2, -0.15) is 5.10 Å². The first-order valence-corrected chi connectivity index (χ1v) is 12.5. The number of benzene rings is 3. The van der Waals surface area contributed by atoms with E-state index in [9.17, 15) is 9.59 Å². The number of hydrogen-bond donors (Lipinski definition) is 1. The number of nitrogens with zero attached hydrogens (tertiary/aromatic N) is 4. The minimum Gasteiger partial charge on any atom is -0.409 e. The van der Waals surface area contributed by atoms with Crippen molar-refractivity contribution in [1.82, 2.24) is 20.0 Å². The molecular weight excluding hydrogens is 474 g/mol.